The molecule has 5 atom stereocenters. The maximum atomic E-state index is 12.2. The maximum absolute atomic E-state index is 12.2. The molecule has 0 aliphatic heterocycles. The third-order valence-electron chi connectivity index (χ3n) is 6.58. The lowest BCUT2D eigenvalue weighted by molar-refractivity contribution is -0.137. The van der Waals surface area contributed by atoms with Crippen LogP contribution in [-0.2, 0) is 4.79 Å². The first kappa shape index (κ1) is 11.7. The summed E-state index contributed by atoms with van der Waals surface area (Å²) >= 11 is 0. The Bertz CT molecular complexity index is 357. The van der Waals surface area contributed by atoms with Gasteiger partial charge in [0.25, 0.3) is 0 Å². The number of rotatable bonds is 0. The Morgan fingerprint density at radius 1 is 1.18 bits per heavy atom. The quantitative estimate of drug-likeness (QED) is 0.617. The lowest BCUT2D eigenvalue weighted by atomic mass is 9.52. The molecule has 0 aromatic heterocycles. The van der Waals surface area contributed by atoms with Gasteiger partial charge in [0, 0.05) is 12.3 Å². The SMILES string of the molecule is CC1CC2C(CC2(C)C)C(=O)CCC2CC12C. The number of ketones is 1. The summed E-state index contributed by atoms with van der Waals surface area (Å²) in [4.78, 5) is 12.2. The molecule has 0 radical (unpaired) electrons. The van der Waals surface area contributed by atoms with Crippen molar-refractivity contribution >= 4 is 5.78 Å². The van der Waals surface area contributed by atoms with E-state index in [-0.39, 0.29) is 0 Å². The third kappa shape index (κ3) is 1.61. The first-order chi connectivity index (χ1) is 7.84. The molecule has 17 heavy (non-hydrogen) atoms. The molecule has 0 heterocycles. The fraction of sp³-hybridized carbons (Fsp3) is 0.938. The standard InChI is InChI=1S/C16H26O/c1-10-7-13-12(9-15(13,2)3)14(17)6-5-11-8-16(10,11)4/h10-13H,5-9H2,1-4H3. The second kappa shape index (κ2) is 3.36. The van der Waals surface area contributed by atoms with Gasteiger partial charge in [0.15, 0.2) is 0 Å². The van der Waals surface area contributed by atoms with E-state index in [2.05, 4.69) is 27.7 Å². The number of fused-ring (bicyclic) bond motifs is 2. The second-order valence-electron chi connectivity index (χ2n) is 7.95. The zero-order chi connectivity index (χ0) is 12.4. The first-order valence-corrected chi connectivity index (χ1v) is 7.37. The largest absolute Gasteiger partial charge is 0.299 e. The first-order valence-electron chi connectivity index (χ1n) is 7.37. The van der Waals surface area contributed by atoms with Gasteiger partial charge in [0.05, 0.1) is 0 Å². The van der Waals surface area contributed by atoms with E-state index in [1.54, 1.807) is 0 Å². The van der Waals surface area contributed by atoms with Gasteiger partial charge in [-0.25, -0.2) is 0 Å². The molecule has 0 amide bonds. The molecule has 96 valence electrons. The Morgan fingerprint density at radius 2 is 1.88 bits per heavy atom. The minimum Gasteiger partial charge on any atom is -0.299 e. The normalized spacial score (nSPS) is 52.4. The van der Waals surface area contributed by atoms with Crippen LogP contribution in [0.5, 0.6) is 0 Å². The van der Waals surface area contributed by atoms with Gasteiger partial charge in [-0.2, -0.15) is 0 Å². The van der Waals surface area contributed by atoms with Crippen LogP contribution < -0.4 is 0 Å². The van der Waals surface area contributed by atoms with Crippen LogP contribution in [0, 0.1) is 34.5 Å². The van der Waals surface area contributed by atoms with Crippen molar-refractivity contribution in [1.29, 1.82) is 0 Å². The van der Waals surface area contributed by atoms with Gasteiger partial charge >= 0.3 is 0 Å². The molecule has 1 nitrogen and oxygen atoms in total. The highest BCUT2D eigenvalue weighted by molar-refractivity contribution is 5.82. The van der Waals surface area contributed by atoms with Crippen LogP contribution in [-0.4, -0.2) is 5.78 Å². The molecule has 0 bridgehead atoms. The smallest absolute Gasteiger partial charge is 0.136 e. The molecule has 0 aromatic rings. The summed E-state index contributed by atoms with van der Waals surface area (Å²) in [6.45, 7) is 9.61. The zero-order valence-corrected chi connectivity index (χ0v) is 11.8. The molecular weight excluding hydrogens is 208 g/mol. The molecule has 3 rings (SSSR count). The minimum atomic E-state index is 0.411. The lowest BCUT2D eigenvalue weighted by Gasteiger charge is -2.52. The van der Waals surface area contributed by atoms with E-state index in [4.69, 9.17) is 0 Å². The predicted molar refractivity (Wildman–Crippen MR) is 69.6 cm³/mol. The Morgan fingerprint density at radius 3 is 2.53 bits per heavy atom. The molecule has 0 N–H and O–H groups in total. The highest BCUT2D eigenvalue weighted by atomic mass is 16.1. The molecule has 5 unspecified atom stereocenters. The average molecular weight is 234 g/mol. The highest BCUT2D eigenvalue weighted by Crippen LogP contribution is 2.65. The van der Waals surface area contributed by atoms with E-state index in [9.17, 15) is 4.79 Å². The fourth-order valence-corrected chi connectivity index (χ4v) is 4.73. The van der Waals surface area contributed by atoms with Gasteiger partial charge in [0.1, 0.15) is 5.78 Å². The molecular formula is C16H26O. The van der Waals surface area contributed by atoms with Crippen molar-refractivity contribution in [1.82, 2.24) is 0 Å². The molecule has 0 aromatic carbocycles. The number of carbonyl (C=O) groups is 1. The van der Waals surface area contributed by atoms with E-state index >= 15 is 0 Å². The molecule has 3 fully saturated rings. The van der Waals surface area contributed by atoms with Crippen LogP contribution in [0.1, 0.15) is 59.8 Å². The summed E-state index contributed by atoms with van der Waals surface area (Å²) in [7, 11) is 0. The molecule has 1 heteroatoms. The van der Waals surface area contributed by atoms with Crippen molar-refractivity contribution in [3.05, 3.63) is 0 Å². The van der Waals surface area contributed by atoms with Gasteiger partial charge in [-0.15, -0.1) is 0 Å². The Balaban J connectivity index is 1.83. The van der Waals surface area contributed by atoms with Crippen molar-refractivity contribution in [3.8, 4) is 0 Å². The van der Waals surface area contributed by atoms with E-state index in [0.29, 0.717) is 28.4 Å². The summed E-state index contributed by atoms with van der Waals surface area (Å²) in [6.07, 6.45) is 5.84. The van der Waals surface area contributed by atoms with Crippen molar-refractivity contribution in [3.63, 3.8) is 0 Å². The van der Waals surface area contributed by atoms with Crippen LogP contribution in [0.3, 0.4) is 0 Å². The Kier molecular flexibility index (Phi) is 2.32. The predicted octanol–water partition coefficient (Wildman–Crippen LogP) is 4.06. The van der Waals surface area contributed by atoms with Crippen LogP contribution in [0.4, 0.5) is 0 Å². The van der Waals surface area contributed by atoms with Gasteiger partial charge in [-0.3, -0.25) is 4.79 Å². The van der Waals surface area contributed by atoms with Gasteiger partial charge in [0.2, 0.25) is 0 Å². The Labute approximate surface area is 105 Å². The highest BCUT2D eigenvalue weighted by Gasteiger charge is 2.58. The van der Waals surface area contributed by atoms with Crippen molar-refractivity contribution in [2.24, 2.45) is 34.5 Å². The van der Waals surface area contributed by atoms with E-state index in [1.807, 2.05) is 0 Å². The van der Waals surface area contributed by atoms with E-state index in [1.165, 1.54) is 19.3 Å². The monoisotopic (exact) mass is 234 g/mol. The number of carbonyl (C=O) groups excluding carboxylic acids is 1. The molecule has 0 spiro atoms. The Hall–Kier alpha value is -0.330. The minimum absolute atomic E-state index is 0.411. The van der Waals surface area contributed by atoms with Gasteiger partial charge in [-0.1, -0.05) is 27.7 Å². The fourth-order valence-electron chi connectivity index (χ4n) is 4.73. The number of hydrogen-bond donors (Lipinski definition) is 0. The molecule has 3 aliphatic carbocycles. The molecule has 3 saturated carbocycles. The van der Waals surface area contributed by atoms with Crippen LogP contribution in [0.25, 0.3) is 0 Å². The molecule has 3 aliphatic rings. The zero-order valence-electron chi connectivity index (χ0n) is 11.8. The van der Waals surface area contributed by atoms with E-state index < -0.39 is 0 Å². The van der Waals surface area contributed by atoms with Crippen LogP contribution >= 0.6 is 0 Å². The summed E-state index contributed by atoms with van der Waals surface area (Å²) in [6, 6.07) is 0. The van der Waals surface area contributed by atoms with Crippen LogP contribution in [0.2, 0.25) is 0 Å². The van der Waals surface area contributed by atoms with Crippen LogP contribution in [0.15, 0.2) is 0 Å². The third-order valence-corrected chi connectivity index (χ3v) is 6.58. The molecule has 0 saturated heterocycles. The maximum Gasteiger partial charge on any atom is 0.136 e. The number of hydrogen-bond acceptors (Lipinski definition) is 1. The van der Waals surface area contributed by atoms with E-state index in [0.717, 1.165) is 24.7 Å². The average Bonchev–Trinajstić information content (AvgIpc) is 2.91. The summed E-state index contributed by atoms with van der Waals surface area (Å²) in [5.41, 5.74) is 0.987. The van der Waals surface area contributed by atoms with Gasteiger partial charge in [-0.05, 0) is 54.3 Å². The summed E-state index contributed by atoms with van der Waals surface area (Å²) in [5.74, 6) is 3.32. The van der Waals surface area contributed by atoms with Gasteiger partial charge < -0.3 is 0 Å². The second-order valence-corrected chi connectivity index (χ2v) is 7.95. The lowest BCUT2D eigenvalue weighted by Crippen LogP contribution is -2.48. The number of Topliss-reactive ketones (excluding diaryl/α,β-unsaturated/α-hetero) is 1. The topological polar surface area (TPSA) is 17.1 Å². The summed E-state index contributed by atoms with van der Waals surface area (Å²) < 4.78 is 0. The van der Waals surface area contributed by atoms with Crippen molar-refractivity contribution in [2.75, 3.05) is 0 Å². The van der Waals surface area contributed by atoms with Crippen molar-refractivity contribution in [2.45, 2.75) is 59.8 Å². The van der Waals surface area contributed by atoms with Crippen molar-refractivity contribution < 1.29 is 4.79 Å². The summed E-state index contributed by atoms with van der Waals surface area (Å²) in [5, 5.41) is 0.